The lowest BCUT2D eigenvalue weighted by Crippen LogP contribution is -2.15. The van der Waals surface area contributed by atoms with Crippen LogP contribution < -0.4 is 0 Å². The quantitative estimate of drug-likeness (QED) is 0.427. The molecule has 0 radical (unpaired) electrons. The Balaban J connectivity index is 2.68. The monoisotopic (exact) mass is 448 g/mol. The smallest absolute Gasteiger partial charge is 0.0908 e. The van der Waals surface area contributed by atoms with Crippen molar-refractivity contribution in [2.75, 3.05) is 0 Å². The maximum Gasteiger partial charge on any atom is 0.170 e. The molecule has 0 saturated heterocycles. The summed E-state index contributed by atoms with van der Waals surface area (Å²) in [5, 5.41) is 0. The Bertz CT molecular complexity index is 647. The summed E-state index contributed by atoms with van der Waals surface area (Å²) in [6.45, 7) is 8.25. The Morgan fingerprint density at radius 2 is 1.05 bits per heavy atom. The highest BCUT2D eigenvalue weighted by Gasteiger charge is 2.34. The second kappa shape index (κ2) is 6.23. The molecule has 0 spiro atoms. The first kappa shape index (κ1) is 17.3. The topological polar surface area (TPSA) is 0 Å². The third kappa shape index (κ3) is 3.06. The maximum absolute atomic E-state index is 6.75. The number of hydrogen-bond acceptors (Lipinski definition) is 0. The standard InChI is InChI=1S/C17H16Br2Cl2/c1-9-5-7-13(15(18)11(9)3)17(20,21)14-8-6-10(2)12(4)16(14)19/h5-8H,1-4H3. The van der Waals surface area contributed by atoms with Crippen molar-refractivity contribution in [3.8, 4) is 0 Å². The van der Waals surface area contributed by atoms with Crippen LogP contribution in [-0.2, 0) is 4.33 Å². The molecule has 0 heterocycles. The van der Waals surface area contributed by atoms with Crippen LogP contribution in [0.25, 0.3) is 0 Å². The lowest BCUT2D eigenvalue weighted by Gasteiger charge is -2.26. The lowest BCUT2D eigenvalue weighted by molar-refractivity contribution is 1.000. The van der Waals surface area contributed by atoms with Crippen LogP contribution in [0.15, 0.2) is 33.2 Å². The van der Waals surface area contributed by atoms with Crippen molar-refractivity contribution in [2.24, 2.45) is 0 Å². The second-order valence-electron chi connectivity index (χ2n) is 5.31. The van der Waals surface area contributed by atoms with Crippen LogP contribution in [0.5, 0.6) is 0 Å². The molecular formula is C17H16Br2Cl2. The minimum absolute atomic E-state index is 0.859. The fourth-order valence-corrected chi connectivity index (χ4v) is 4.76. The Labute approximate surface area is 153 Å². The van der Waals surface area contributed by atoms with E-state index >= 15 is 0 Å². The third-order valence-electron chi connectivity index (χ3n) is 3.99. The first-order valence-electron chi connectivity index (χ1n) is 6.58. The Morgan fingerprint density at radius 3 is 1.38 bits per heavy atom. The van der Waals surface area contributed by atoms with Gasteiger partial charge in [-0.3, -0.25) is 0 Å². The van der Waals surface area contributed by atoms with E-state index in [1.54, 1.807) is 0 Å². The summed E-state index contributed by atoms with van der Waals surface area (Å²) in [5.41, 5.74) is 6.43. The van der Waals surface area contributed by atoms with Crippen molar-refractivity contribution in [3.63, 3.8) is 0 Å². The summed E-state index contributed by atoms with van der Waals surface area (Å²) in [7, 11) is 0. The van der Waals surface area contributed by atoms with Gasteiger partial charge in [-0.1, -0.05) is 79.3 Å². The van der Waals surface area contributed by atoms with Gasteiger partial charge in [0.15, 0.2) is 4.33 Å². The molecule has 0 fully saturated rings. The normalized spacial score (nSPS) is 11.8. The lowest BCUT2D eigenvalue weighted by atomic mass is 9.97. The van der Waals surface area contributed by atoms with E-state index in [9.17, 15) is 0 Å². The molecule has 112 valence electrons. The van der Waals surface area contributed by atoms with Crippen LogP contribution in [0.2, 0.25) is 0 Å². The van der Waals surface area contributed by atoms with E-state index in [0.29, 0.717) is 0 Å². The van der Waals surface area contributed by atoms with Crippen molar-refractivity contribution >= 4 is 55.1 Å². The molecule has 0 aromatic heterocycles. The molecule has 0 aliphatic carbocycles. The minimum atomic E-state index is -1.12. The van der Waals surface area contributed by atoms with Crippen LogP contribution in [0.3, 0.4) is 0 Å². The summed E-state index contributed by atoms with van der Waals surface area (Å²) < 4.78 is 0.796. The second-order valence-corrected chi connectivity index (χ2v) is 8.23. The summed E-state index contributed by atoms with van der Waals surface area (Å²) in [6, 6.07) is 8.05. The molecular weight excluding hydrogens is 435 g/mol. The number of aryl methyl sites for hydroxylation is 2. The Morgan fingerprint density at radius 1 is 0.714 bits per heavy atom. The average molecular weight is 451 g/mol. The maximum atomic E-state index is 6.75. The molecule has 0 unspecified atom stereocenters. The van der Waals surface area contributed by atoms with Crippen LogP contribution in [-0.4, -0.2) is 0 Å². The zero-order valence-electron chi connectivity index (χ0n) is 12.3. The van der Waals surface area contributed by atoms with E-state index in [1.165, 1.54) is 11.1 Å². The highest BCUT2D eigenvalue weighted by molar-refractivity contribution is 9.11. The van der Waals surface area contributed by atoms with Crippen molar-refractivity contribution < 1.29 is 0 Å². The Hall–Kier alpha value is -0.0200. The van der Waals surface area contributed by atoms with Gasteiger partial charge in [-0.25, -0.2) is 0 Å². The molecule has 0 bridgehead atoms. The van der Waals surface area contributed by atoms with Gasteiger partial charge in [0, 0.05) is 20.1 Å². The van der Waals surface area contributed by atoms with Gasteiger partial charge in [0.25, 0.3) is 0 Å². The fraction of sp³-hybridized carbons (Fsp3) is 0.294. The zero-order valence-corrected chi connectivity index (χ0v) is 17.0. The largest absolute Gasteiger partial charge is 0.170 e. The van der Waals surface area contributed by atoms with E-state index in [-0.39, 0.29) is 0 Å². The highest BCUT2D eigenvalue weighted by atomic mass is 79.9. The van der Waals surface area contributed by atoms with Crippen LogP contribution in [0, 0.1) is 27.7 Å². The fourth-order valence-electron chi connectivity index (χ4n) is 2.19. The third-order valence-corrected chi connectivity index (χ3v) is 6.85. The molecule has 0 amide bonds. The van der Waals surface area contributed by atoms with Gasteiger partial charge in [0.2, 0.25) is 0 Å². The van der Waals surface area contributed by atoms with Crippen molar-refractivity contribution in [2.45, 2.75) is 32.0 Å². The number of rotatable bonds is 2. The van der Waals surface area contributed by atoms with Gasteiger partial charge in [-0.05, 0) is 49.9 Å². The highest BCUT2D eigenvalue weighted by Crippen LogP contribution is 2.48. The number of benzene rings is 2. The molecule has 0 saturated carbocycles. The predicted octanol–water partition coefficient (Wildman–Crippen LogP) is 7.12. The number of hydrogen-bond donors (Lipinski definition) is 0. The zero-order chi connectivity index (χ0) is 15.9. The molecule has 0 aliphatic heterocycles. The molecule has 2 aromatic carbocycles. The van der Waals surface area contributed by atoms with Crippen LogP contribution in [0.1, 0.15) is 33.4 Å². The predicted molar refractivity (Wildman–Crippen MR) is 99.7 cm³/mol. The van der Waals surface area contributed by atoms with E-state index in [2.05, 4.69) is 59.6 Å². The molecule has 2 rings (SSSR count). The molecule has 0 nitrogen and oxygen atoms in total. The first-order valence-corrected chi connectivity index (χ1v) is 8.92. The summed E-state index contributed by atoms with van der Waals surface area (Å²) in [6.07, 6.45) is 0. The number of alkyl halides is 2. The molecule has 21 heavy (non-hydrogen) atoms. The van der Waals surface area contributed by atoms with E-state index in [0.717, 1.165) is 31.2 Å². The van der Waals surface area contributed by atoms with E-state index < -0.39 is 4.33 Å². The van der Waals surface area contributed by atoms with Crippen molar-refractivity contribution in [3.05, 3.63) is 66.6 Å². The van der Waals surface area contributed by atoms with Crippen LogP contribution >= 0.6 is 55.1 Å². The van der Waals surface area contributed by atoms with Gasteiger partial charge in [0.1, 0.15) is 0 Å². The van der Waals surface area contributed by atoms with Crippen molar-refractivity contribution in [1.82, 2.24) is 0 Å². The SMILES string of the molecule is Cc1ccc(C(Cl)(Cl)c2ccc(C)c(C)c2Br)c(Br)c1C. The summed E-state index contributed by atoms with van der Waals surface area (Å²) in [5.74, 6) is 0. The molecule has 4 heteroatoms. The first-order chi connectivity index (χ1) is 9.67. The molecule has 0 atom stereocenters. The molecule has 2 aromatic rings. The van der Waals surface area contributed by atoms with Crippen molar-refractivity contribution in [1.29, 1.82) is 0 Å². The van der Waals surface area contributed by atoms with Gasteiger partial charge < -0.3 is 0 Å². The van der Waals surface area contributed by atoms with Gasteiger partial charge in [-0.2, -0.15) is 0 Å². The minimum Gasteiger partial charge on any atom is -0.0908 e. The Kier molecular flexibility index (Phi) is 5.15. The van der Waals surface area contributed by atoms with E-state index in [4.69, 9.17) is 23.2 Å². The van der Waals surface area contributed by atoms with E-state index in [1.807, 2.05) is 24.3 Å². The summed E-state index contributed by atoms with van der Waals surface area (Å²) >= 11 is 20.8. The van der Waals surface area contributed by atoms with Gasteiger partial charge in [0.05, 0.1) is 0 Å². The molecule has 0 N–H and O–H groups in total. The average Bonchev–Trinajstić information content (AvgIpc) is 2.41. The summed E-state index contributed by atoms with van der Waals surface area (Å²) in [4.78, 5) is 0. The number of halogens is 4. The van der Waals surface area contributed by atoms with Crippen LogP contribution in [0.4, 0.5) is 0 Å². The van der Waals surface area contributed by atoms with Gasteiger partial charge in [-0.15, -0.1) is 0 Å². The molecule has 0 aliphatic rings. The van der Waals surface area contributed by atoms with Gasteiger partial charge >= 0.3 is 0 Å².